The molecule has 2 aromatic heterocycles. The molecule has 4 aliphatic rings. The number of aromatic nitrogens is 3. The lowest BCUT2D eigenvalue weighted by atomic mass is 9.95. The minimum Gasteiger partial charge on any atom is -0.468 e. The number of rotatable bonds is 13. The number of amides is 2. The second kappa shape index (κ2) is 21.7. The van der Waals surface area contributed by atoms with Gasteiger partial charge in [-0.3, -0.25) is 24.5 Å². The van der Waals surface area contributed by atoms with Crippen molar-refractivity contribution in [2.24, 2.45) is 0 Å². The van der Waals surface area contributed by atoms with E-state index in [4.69, 9.17) is 33.9 Å². The highest BCUT2D eigenvalue weighted by atomic mass is 28.3. The monoisotopic (exact) mass is 1050 g/mol. The van der Waals surface area contributed by atoms with Gasteiger partial charge in [0.1, 0.15) is 48.9 Å². The Morgan fingerprint density at radius 1 is 0.865 bits per heavy atom. The van der Waals surface area contributed by atoms with E-state index < -0.39 is 37.4 Å². The number of fused-ring (bicyclic) bond motifs is 4. The molecule has 20 heteroatoms. The third kappa shape index (κ3) is 11.1. The van der Waals surface area contributed by atoms with E-state index in [9.17, 15) is 22.8 Å². The summed E-state index contributed by atoms with van der Waals surface area (Å²) in [5.74, 6) is 0.924. The van der Waals surface area contributed by atoms with Crippen LogP contribution in [0.2, 0.25) is 16.6 Å². The maximum atomic E-state index is 18.0. The van der Waals surface area contributed by atoms with Gasteiger partial charge < -0.3 is 28.7 Å². The second-order valence-corrected chi connectivity index (χ2v) is 27.9. The predicted octanol–water partition coefficient (Wildman–Crippen LogP) is 9.81. The van der Waals surface area contributed by atoms with Crippen LogP contribution in [-0.2, 0) is 14.3 Å². The highest BCUT2D eigenvalue weighted by molar-refractivity contribution is 6.90. The van der Waals surface area contributed by atoms with E-state index in [-0.39, 0.29) is 102 Å². The summed E-state index contributed by atoms with van der Waals surface area (Å²) in [6.45, 7) is 20.7. The van der Waals surface area contributed by atoms with Crippen LogP contribution < -0.4 is 14.4 Å². The van der Waals surface area contributed by atoms with Gasteiger partial charge in [-0.1, -0.05) is 53.5 Å². The Morgan fingerprint density at radius 2 is 1.51 bits per heavy atom. The minimum atomic E-state index is -4.90. The maximum absolute atomic E-state index is 18.0. The molecule has 4 saturated heterocycles. The highest BCUT2D eigenvalue weighted by Gasteiger charge is 2.47. The van der Waals surface area contributed by atoms with Gasteiger partial charge in [0.15, 0.2) is 12.6 Å². The number of anilines is 1. The number of likely N-dealkylation sites (N-methyl/N-ethyl adjacent to an activating group) is 1. The molecule has 74 heavy (non-hydrogen) atoms. The van der Waals surface area contributed by atoms with Gasteiger partial charge in [-0.2, -0.15) is 23.1 Å². The molecule has 0 spiro atoms. The van der Waals surface area contributed by atoms with Gasteiger partial charge >= 0.3 is 24.2 Å². The summed E-state index contributed by atoms with van der Waals surface area (Å²) in [5.41, 5.74) is 4.02. The molecule has 4 aliphatic heterocycles. The molecule has 2 amide bonds. The Hall–Kier alpha value is -5.36. The first kappa shape index (κ1) is 54.9. The Kier molecular flexibility index (Phi) is 16.1. The maximum Gasteiger partial charge on any atom is 0.471 e. The van der Waals surface area contributed by atoms with Gasteiger partial charge in [-0.15, -0.1) is 5.54 Å². The number of likely N-dealkylation sites (tertiary alicyclic amines) is 1. The lowest BCUT2D eigenvalue weighted by molar-refractivity contribution is -0.187. The molecule has 402 valence electrons. The molecule has 2 aromatic carbocycles. The highest BCUT2D eigenvalue weighted by Crippen LogP contribution is 2.43. The fraction of sp³-hybridized carbons (Fsp3) is 0.611. The molecular formula is C54H71F5N8O6Si. The van der Waals surface area contributed by atoms with Crippen molar-refractivity contribution in [2.75, 3.05) is 78.3 Å². The van der Waals surface area contributed by atoms with E-state index in [2.05, 4.69) is 62.8 Å². The number of carbonyl (C=O) groups is 2. The van der Waals surface area contributed by atoms with Gasteiger partial charge in [-0.25, -0.2) is 13.6 Å². The molecule has 4 atom stereocenters. The third-order valence-corrected chi connectivity index (χ3v) is 22.0. The number of halogens is 5. The number of benzene rings is 2. The van der Waals surface area contributed by atoms with Crippen molar-refractivity contribution in [3.05, 3.63) is 47.7 Å². The van der Waals surface area contributed by atoms with Gasteiger partial charge in [0.05, 0.1) is 23.0 Å². The number of hydrogen-bond donors (Lipinski definition) is 0. The predicted molar refractivity (Wildman–Crippen MR) is 277 cm³/mol. The molecule has 4 unspecified atom stereocenters. The van der Waals surface area contributed by atoms with E-state index in [1.54, 1.807) is 18.2 Å². The number of carbonyl (C=O) groups excluding carboxylic acids is 2. The number of hydrogen-bond acceptors (Lipinski definition) is 12. The summed E-state index contributed by atoms with van der Waals surface area (Å²) < 4.78 is 97.3. The Balaban J connectivity index is 1.17. The van der Waals surface area contributed by atoms with E-state index >= 15 is 8.78 Å². The molecular weight excluding hydrogens is 980 g/mol. The smallest absolute Gasteiger partial charge is 0.468 e. The lowest BCUT2D eigenvalue weighted by Crippen LogP contribution is -2.57. The summed E-state index contributed by atoms with van der Waals surface area (Å²) in [5, 5.41) is 1.26. The molecule has 14 nitrogen and oxygen atoms in total. The number of alkyl halides is 3. The quantitative estimate of drug-likeness (QED) is 0.0548. The molecule has 4 aromatic rings. The average molecular weight is 1050 g/mol. The molecule has 6 heterocycles. The van der Waals surface area contributed by atoms with Gasteiger partial charge in [0.2, 0.25) is 0 Å². The SMILES string of the molecule is COCOc1cc(-c2ncc3c(N4CC5CCC(C4)N5C(=O)OC(C)(C)C)nc(OCC4CCC(CN5CCN(C(=O)C(F)(F)F)CC5)N4C)nc3c2F)c2c(C#C[Si](C(C)C)(C(C)C)C(C)C)c(F)ccc2c1. The van der Waals surface area contributed by atoms with Crippen molar-refractivity contribution in [3.8, 4) is 34.5 Å². The summed E-state index contributed by atoms with van der Waals surface area (Å²) in [4.78, 5) is 48.9. The normalized spacial score (nSPS) is 21.1. The number of ether oxygens (including phenoxy) is 4. The Morgan fingerprint density at radius 3 is 2.12 bits per heavy atom. The lowest BCUT2D eigenvalue weighted by Gasteiger charge is -2.42. The van der Waals surface area contributed by atoms with Crippen LogP contribution in [0.15, 0.2) is 30.5 Å². The molecule has 2 bridgehead atoms. The van der Waals surface area contributed by atoms with Crippen LogP contribution in [0.25, 0.3) is 32.9 Å². The Bertz CT molecular complexity index is 2760. The largest absolute Gasteiger partial charge is 0.471 e. The third-order valence-electron chi connectivity index (χ3n) is 15.7. The first-order valence-corrected chi connectivity index (χ1v) is 28.1. The van der Waals surface area contributed by atoms with E-state index in [1.807, 2.05) is 37.6 Å². The van der Waals surface area contributed by atoms with Crippen molar-refractivity contribution in [2.45, 2.75) is 141 Å². The van der Waals surface area contributed by atoms with E-state index in [0.29, 0.717) is 60.4 Å². The minimum absolute atomic E-state index is 0.000613. The van der Waals surface area contributed by atoms with Gasteiger partial charge in [-0.05, 0) is 93.7 Å². The van der Waals surface area contributed by atoms with Crippen molar-refractivity contribution in [1.82, 2.24) is 34.6 Å². The number of nitrogens with zero attached hydrogens (tertiary/aromatic N) is 8. The molecule has 0 radical (unpaired) electrons. The van der Waals surface area contributed by atoms with Crippen molar-refractivity contribution < 1.29 is 50.5 Å². The van der Waals surface area contributed by atoms with E-state index in [1.165, 1.54) is 19.4 Å². The zero-order valence-electron chi connectivity index (χ0n) is 44.5. The summed E-state index contributed by atoms with van der Waals surface area (Å²) in [7, 11) is 1.10. The molecule has 0 saturated carbocycles. The van der Waals surface area contributed by atoms with Gasteiger partial charge in [0, 0.05) is 82.2 Å². The average Bonchev–Trinajstić information content (AvgIpc) is 3.82. The summed E-state index contributed by atoms with van der Waals surface area (Å²) in [6, 6.07) is 5.88. The number of piperazine rings is 2. The van der Waals surface area contributed by atoms with Crippen molar-refractivity contribution in [3.63, 3.8) is 0 Å². The number of pyridine rings is 1. The molecule has 8 rings (SSSR count). The van der Waals surface area contributed by atoms with E-state index in [0.717, 1.165) is 30.6 Å². The van der Waals surface area contributed by atoms with Crippen LogP contribution in [0.5, 0.6) is 11.8 Å². The Labute approximate surface area is 432 Å². The standard InChI is InChI=1S/C54H71F5N8O6Si/c1-32(2)74(33(3)4,34(5)6)23-18-41-44(55)17-12-35-24-40(72-31-70-11)25-42(45(35)41)47-46(56)48-43(26-60-47)49(66-28-37-14-15-38(29-66)67(37)52(69)73-53(7,8)9)62-51(61-48)71-30-39-16-13-36(63(39)10)27-64-19-21-65(22-20-64)50(68)54(57,58)59/h12,17,24-26,32-34,36-39H,13-16,19-22,27-31H2,1-11H3. The van der Waals surface area contributed by atoms with Crippen molar-refractivity contribution >= 4 is 47.6 Å². The van der Waals surface area contributed by atoms with Gasteiger partial charge in [0.25, 0.3) is 0 Å². The van der Waals surface area contributed by atoms with Crippen molar-refractivity contribution in [1.29, 1.82) is 0 Å². The first-order chi connectivity index (χ1) is 34.9. The zero-order valence-corrected chi connectivity index (χ0v) is 45.5. The summed E-state index contributed by atoms with van der Waals surface area (Å²) in [6.07, 6.45) is -0.715. The van der Waals surface area contributed by atoms with Crippen LogP contribution in [0.1, 0.15) is 93.6 Å². The van der Waals surface area contributed by atoms with Crippen LogP contribution in [0, 0.1) is 23.1 Å². The van der Waals surface area contributed by atoms with Crippen LogP contribution in [-0.4, -0.2) is 164 Å². The second-order valence-electron chi connectivity index (χ2n) is 22.3. The molecule has 0 N–H and O–H groups in total. The van der Waals surface area contributed by atoms with Crippen LogP contribution in [0.3, 0.4) is 0 Å². The van der Waals surface area contributed by atoms with Crippen LogP contribution in [0.4, 0.5) is 32.6 Å². The molecule has 0 aliphatic carbocycles. The fourth-order valence-electron chi connectivity index (χ4n) is 12.0. The van der Waals surface area contributed by atoms with Crippen LogP contribution >= 0.6 is 0 Å². The fourth-order valence-corrected chi connectivity index (χ4v) is 17.2. The molecule has 4 fully saturated rings. The topological polar surface area (TPSA) is 126 Å². The first-order valence-electron chi connectivity index (χ1n) is 25.9. The zero-order chi connectivity index (χ0) is 53.6. The number of methoxy groups -OCH3 is 1. The summed E-state index contributed by atoms with van der Waals surface area (Å²) >= 11 is 0.